The first-order chi connectivity index (χ1) is 6.53. The lowest BCUT2D eigenvalue weighted by Crippen LogP contribution is -2.22. The zero-order valence-electron chi connectivity index (χ0n) is 8.74. The summed E-state index contributed by atoms with van der Waals surface area (Å²) in [6, 6.07) is 5.15. The van der Waals surface area contributed by atoms with Crippen molar-refractivity contribution in [2.75, 3.05) is 13.7 Å². The van der Waals surface area contributed by atoms with Crippen LogP contribution in [-0.4, -0.2) is 23.9 Å². The summed E-state index contributed by atoms with van der Waals surface area (Å²) in [5.41, 5.74) is 0.395. The van der Waals surface area contributed by atoms with Gasteiger partial charge in [-0.15, -0.1) is 0 Å². The Hall–Kier alpha value is -1.22. The van der Waals surface area contributed by atoms with Crippen molar-refractivity contribution in [1.82, 2.24) is 0 Å². The molecule has 0 unspecified atom stereocenters. The lowest BCUT2D eigenvalue weighted by Gasteiger charge is -2.24. The average Bonchev–Trinajstić information content (AvgIpc) is 2.17. The average molecular weight is 196 g/mol. The van der Waals surface area contributed by atoms with Gasteiger partial charge in [0.25, 0.3) is 0 Å². The van der Waals surface area contributed by atoms with E-state index in [0.717, 1.165) is 5.56 Å². The topological polar surface area (TPSA) is 49.7 Å². The summed E-state index contributed by atoms with van der Waals surface area (Å²) in [7, 11) is 1.51. The van der Waals surface area contributed by atoms with Crippen LogP contribution in [0.25, 0.3) is 0 Å². The van der Waals surface area contributed by atoms with Crippen LogP contribution in [0.1, 0.15) is 19.4 Å². The van der Waals surface area contributed by atoms with Crippen molar-refractivity contribution in [3.05, 3.63) is 23.8 Å². The summed E-state index contributed by atoms with van der Waals surface area (Å²) >= 11 is 0. The molecular weight excluding hydrogens is 180 g/mol. The number of aromatic hydroxyl groups is 1. The van der Waals surface area contributed by atoms with Crippen molar-refractivity contribution in [2.24, 2.45) is 0 Å². The van der Waals surface area contributed by atoms with Crippen molar-refractivity contribution >= 4 is 0 Å². The molecule has 14 heavy (non-hydrogen) atoms. The molecule has 3 heteroatoms. The van der Waals surface area contributed by atoms with Crippen molar-refractivity contribution in [3.8, 4) is 11.5 Å². The normalized spacial score (nSPS) is 11.4. The number of benzene rings is 1. The second-order valence-electron chi connectivity index (χ2n) is 3.90. The summed E-state index contributed by atoms with van der Waals surface area (Å²) in [6.07, 6.45) is 0. The molecular formula is C11H16O3. The highest BCUT2D eigenvalue weighted by Crippen LogP contribution is 2.37. The van der Waals surface area contributed by atoms with Crippen molar-refractivity contribution in [2.45, 2.75) is 19.3 Å². The molecule has 1 aromatic carbocycles. The highest BCUT2D eigenvalue weighted by molar-refractivity contribution is 5.48. The number of para-hydroxylation sites is 1. The van der Waals surface area contributed by atoms with Crippen LogP contribution in [0, 0.1) is 0 Å². The van der Waals surface area contributed by atoms with Gasteiger partial charge in [0.15, 0.2) is 11.5 Å². The largest absolute Gasteiger partial charge is 0.504 e. The summed E-state index contributed by atoms with van der Waals surface area (Å²) in [5.74, 6) is 0.540. The first-order valence-electron chi connectivity index (χ1n) is 4.50. The molecule has 78 valence electrons. The number of rotatable bonds is 3. The fourth-order valence-corrected chi connectivity index (χ4v) is 1.36. The number of aliphatic hydroxyl groups is 1. The third-order valence-electron chi connectivity index (χ3n) is 2.32. The lowest BCUT2D eigenvalue weighted by molar-refractivity contribution is 0.214. The van der Waals surface area contributed by atoms with Gasteiger partial charge in [-0.25, -0.2) is 0 Å². The third-order valence-corrected chi connectivity index (χ3v) is 2.32. The summed E-state index contributed by atoms with van der Waals surface area (Å²) in [4.78, 5) is 0. The second-order valence-corrected chi connectivity index (χ2v) is 3.90. The number of hydrogen-bond donors (Lipinski definition) is 2. The van der Waals surface area contributed by atoms with Gasteiger partial charge in [-0.05, 0) is 6.07 Å². The molecule has 0 radical (unpaired) electrons. The Labute approximate surface area is 84.0 Å². The number of methoxy groups -OCH3 is 1. The molecule has 0 aliphatic heterocycles. The highest BCUT2D eigenvalue weighted by atomic mass is 16.5. The molecule has 0 fully saturated rings. The number of hydrogen-bond acceptors (Lipinski definition) is 3. The van der Waals surface area contributed by atoms with Gasteiger partial charge in [0.1, 0.15) is 0 Å². The van der Waals surface area contributed by atoms with E-state index in [-0.39, 0.29) is 12.4 Å². The first kappa shape index (κ1) is 10.9. The maximum Gasteiger partial charge on any atom is 0.164 e. The van der Waals surface area contributed by atoms with E-state index in [1.165, 1.54) is 7.11 Å². The van der Waals surface area contributed by atoms with Gasteiger partial charge in [-0.1, -0.05) is 26.0 Å². The van der Waals surface area contributed by atoms with Crippen LogP contribution in [0.2, 0.25) is 0 Å². The van der Waals surface area contributed by atoms with E-state index in [1.54, 1.807) is 12.1 Å². The first-order valence-corrected chi connectivity index (χ1v) is 4.50. The maximum absolute atomic E-state index is 9.54. The fourth-order valence-electron chi connectivity index (χ4n) is 1.36. The van der Waals surface area contributed by atoms with Crippen LogP contribution in [-0.2, 0) is 5.41 Å². The number of phenolic OH excluding ortho intramolecular Hbond substituents is 1. The molecule has 0 saturated heterocycles. The van der Waals surface area contributed by atoms with Gasteiger partial charge in [0.05, 0.1) is 13.7 Å². The summed E-state index contributed by atoms with van der Waals surface area (Å²) in [6.45, 7) is 3.79. The molecule has 0 aliphatic carbocycles. The van der Waals surface area contributed by atoms with E-state index < -0.39 is 5.41 Å². The van der Waals surface area contributed by atoms with E-state index >= 15 is 0 Å². The minimum absolute atomic E-state index is 0.00676. The Morgan fingerprint density at radius 2 is 2.00 bits per heavy atom. The Balaban J connectivity index is 3.27. The molecule has 1 rings (SSSR count). The van der Waals surface area contributed by atoms with Crippen LogP contribution in [0.4, 0.5) is 0 Å². The summed E-state index contributed by atoms with van der Waals surface area (Å²) in [5, 5.41) is 18.8. The summed E-state index contributed by atoms with van der Waals surface area (Å²) < 4.78 is 5.10. The molecule has 0 amide bonds. The van der Waals surface area contributed by atoms with E-state index in [1.807, 2.05) is 19.9 Å². The Kier molecular flexibility index (Phi) is 3.01. The van der Waals surface area contributed by atoms with E-state index in [0.29, 0.717) is 5.75 Å². The van der Waals surface area contributed by atoms with Gasteiger partial charge in [0.2, 0.25) is 0 Å². The van der Waals surface area contributed by atoms with Crippen LogP contribution in [0.5, 0.6) is 11.5 Å². The molecule has 0 spiro atoms. The predicted octanol–water partition coefficient (Wildman–Crippen LogP) is 1.67. The van der Waals surface area contributed by atoms with Crippen LogP contribution < -0.4 is 4.74 Å². The quantitative estimate of drug-likeness (QED) is 0.773. The lowest BCUT2D eigenvalue weighted by atomic mass is 9.85. The van der Waals surface area contributed by atoms with E-state index in [2.05, 4.69) is 0 Å². The molecule has 2 N–H and O–H groups in total. The van der Waals surface area contributed by atoms with Crippen molar-refractivity contribution in [1.29, 1.82) is 0 Å². The maximum atomic E-state index is 9.54. The molecule has 0 aromatic heterocycles. The standard InChI is InChI=1S/C11H16O3/c1-11(2,7-12)8-5-4-6-9(13)10(8)14-3/h4-6,12-13H,7H2,1-3H3. The predicted molar refractivity (Wildman–Crippen MR) is 54.8 cm³/mol. The second kappa shape index (κ2) is 3.88. The molecule has 1 aromatic rings. The zero-order valence-corrected chi connectivity index (χ0v) is 8.74. The molecule has 0 aliphatic rings. The van der Waals surface area contributed by atoms with Gasteiger partial charge >= 0.3 is 0 Å². The third kappa shape index (κ3) is 1.82. The monoisotopic (exact) mass is 196 g/mol. The van der Waals surface area contributed by atoms with Gasteiger partial charge in [-0.3, -0.25) is 0 Å². The Bertz CT molecular complexity index is 318. The minimum Gasteiger partial charge on any atom is -0.504 e. The molecule has 0 atom stereocenters. The molecule has 3 nitrogen and oxygen atoms in total. The number of phenols is 1. The molecule has 0 heterocycles. The van der Waals surface area contributed by atoms with E-state index in [9.17, 15) is 10.2 Å². The smallest absolute Gasteiger partial charge is 0.164 e. The van der Waals surface area contributed by atoms with Crippen molar-refractivity contribution < 1.29 is 14.9 Å². The fraction of sp³-hybridized carbons (Fsp3) is 0.455. The van der Waals surface area contributed by atoms with Crippen LogP contribution in [0.15, 0.2) is 18.2 Å². The molecule has 0 saturated carbocycles. The highest BCUT2D eigenvalue weighted by Gasteiger charge is 2.24. The van der Waals surface area contributed by atoms with Gasteiger partial charge in [0, 0.05) is 11.0 Å². The van der Waals surface area contributed by atoms with Crippen LogP contribution >= 0.6 is 0 Å². The zero-order chi connectivity index (χ0) is 10.8. The van der Waals surface area contributed by atoms with Gasteiger partial charge < -0.3 is 14.9 Å². The number of ether oxygens (including phenoxy) is 1. The Morgan fingerprint density at radius 3 is 2.50 bits per heavy atom. The Morgan fingerprint density at radius 1 is 1.36 bits per heavy atom. The van der Waals surface area contributed by atoms with E-state index in [4.69, 9.17) is 4.74 Å². The van der Waals surface area contributed by atoms with Crippen molar-refractivity contribution in [3.63, 3.8) is 0 Å². The SMILES string of the molecule is COc1c(O)cccc1C(C)(C)CO. The van der Waals surface area contributed by atoms with Crippen LogP contribution in [0.3, 0.4) is 0 Å². The van der Waals surface area contributed by atoms with Gasteiger partial charge in [-0.2, -0.15) is 0 Å². The number of aliphatic hydroxyl groups excluding tert-OH is 1. The minimum atomic E-state index is -0.413. The molecule has 0 bridgehead atoms.